The van der Waals surface area contributed by atoms with Gasteiger partial charge in [0.25, 0.3) is 0 Å². The van der Waals surface area contributed by atoms with Crippen molar-refractivity contribution in [3.8, 4) is 0 Å². The van der Waals surface area contributed by atoms with Crippen LogP contribution in [-0.4, -0.2) is 4.57 Å². The van der Waals surface area contributed by atoms with E-state index >= 15 is 0 Å². The number of anilines is 1. The highest BCUT2D eigenvalue weighted by molar-refractivity contribution is 7.07. The Bertz CT molecular complexity index is 512. The molecule has 15 heavy (non-hydrogen) atoms. The summed E-state index contributed by atoms with van der Waals surface area (Å²) in [5, 5.41) is 1.67. The van der Waals surface area contributed by atoms with Crippen molar-refractivity contribution in [1.29, 1.82) is 0 Å². The number of nitrogens with zero attached hydrogens (tertiary/aromatic N) is 1. The highest BCUT2D eigenvalue weighted by Gasteiger charge is 2.07. The first kappa shape index (κ1) is 9.92. The number of thiazole rings is 1. The predicted molar refractivity (Wildman–Crippen MR) is 58.5 cm³/mol. The van der Waals surface area contributed by atoms with E-state index in [2.05, 4.69) is 0 Å². The molecule has 0 radical (unpaired) electrons. The molecule has 0 unspecified atom stereocenters. The third-order valence-corrected chi connectivity index (χ3v) is 2.82. The molecular formula is C10H9FN2OS. The molecule has 0 atom stereocenters. The molecule has 0 aliphatic carbocycles. The number of hydrogen-bond acceptors (Lipinski definition) is 3. The largest absolute Gasteiger partial charge is 0.398 e. The van der Waals surface area contributed by atoms with E-state index in [4.69, 9.17) is 5.73 Å². The van der Waals surface area contributed by atoms with Crippen LogP contribution in [0.25, 0.3) is 0 Å². The van der Waals surface area contributed by atoms with Crippen molar-refractivity contribution < 1.29 is 4.39 Å². The molecule has 0 aliphatic rings. The Morgan fingerprint density at radius 2 is 2.27 bits per heavy atom. The summed E-state index contributed by atoms with van der Waals surface area (Å²) < 4.78 is 14.8. The van der Waals surface area contributed by atoms with Gasteiger partial charge in [0.2, 0.25) is 0 Å². The molecule has 0 aliphatic heterocycles. The zero-order valence-corrected chi connectivity index (χ0v) is 8.63. The van der Waals surface area contributed by atoms with Crippen molar-refractivity contribution in [3.63, 3.8) is 0 Å². The number of benzene rings is 1. The van der Waals surface area contributed by atoms with Crippen LogP contribution in [0.1, 0.15) is 5.56 Å². The van der Waals surface area contributed by atoms with Gasteiger partial charge in [0.15, 0.2) is 0 Å². The zero-order chi connectivity index (χ0) is 10.8. The van der Waals surface area contributed by atoms with Gasteiger partial charge in [-0.1, -0.05) is 17.4 Å². The Labute approximate surface area is 89.6 Å². The van der Waals surface area contributed by atoms with Gasteiger partial charge in [0, 0.05) is 22.8 Å². The number of hydrogen-bond donors (Lipinski definition) is 1. The molecule has 0 amide bonds. The molecule has 1 heterocycles. The Morgan fingerprint density at radius 3 is 2.87 bits per heavy atom. The lowest BCUT2D eigenvalue weighted by Gasteiger charge is -2.06. The lowest BCUT2D eigenvalue weighted by atomic mass is 10.1. The first-order valence-corrected chi connectivity index (χ1v) is 5.23. The normalized spacial score (nSPS) is 10.5. The van der Waals surface area contributed by atoms with E-state index in [1.807, 2.05) is 0 Å². The van der Waals surface area contributed by atoms with Crippen molar-refractivity contribution in [2.45, 2.75) is 6.54 Å². The van der Waals surface area contributed by atoms with Crippen LogP contribution in [0.3, 0.4) is 0 Å². The van der Waals surface area contributed by atoms with E-state index in [0.29, 0.717) is 11.3 Å². The highest BCUT2D eigenvalue weighted by atomic mass is 32.1. The molecule has 78 valence electrons. The zero-order valence-electron chi connectivity index (χ0n) is 7.81. The van der Waals surface area contributed by atoms with Gasteiger partial charge in [-0.15, -0.1) is 0 Å². The lowest BCUT2D eigenvalue weighted by Crippen LogP contribution is -2.14. The third kappa shape index (κ3) is 1.92. The smallest absolute Gasteiger partial charge is 0.307 e. The molecule has 0 saturated heterocycles. The lowest BCUT2D eigenvalue weighted by molar-refractivity contribution is 0.599. The Kier molecular flexibility index (Phi) is 2.55. The van der Waals surface area contributed by atoms with E-state index in [1.165, 1.54) is 10.6 Å². The van der Waals surface area contributed by atoms with Crippen molar-refractivity contribution in [1.82, 2.24) is 4.57 Å². The minimum atomic E-state index is -0.381. The Balaban J connectivity index is 2.40. The van der Waals surface area contributed by atoms with Gasteiger partial charge in [0.05, 0.1) is 6.54 Å². The molecule has 0 bridgehead atoms. The minimum absolute atomic E-state index is 0.113. The monoisotopic (exact) mass is 224 g/mol. The quantitative estimate of drug-likeness (QED) is 0.789. The van der Waals surface area contributed by atoms with Gasteiger partial charge >= 0.3 is 4.87 Å². The molecule has 3 nitrogen and oxygen atoms in total. The summed E-state index contributed by atoms with van der Waals surface area (Å²) in [7, 11) is 0. The predicted octanol–water partition coefficient (Wildman–Crippen LogP) is 1.68. The van der Waals surface area contributed by atoms with Gasteiger partial charge in [-0.3, -0.25) is 4.79 Å². The van der Waals surface area contributed by atoms with Gasteiger partial charge < -0.3 is 10.3 Å². The molecule has 2 aromatic rings. The van der Waals surface area contributed by atoms with E-state index in [-0.39, 0.29) is 17.2 Å². The summed E-state index contributed by atoms with van der Waals surface area (Å²) in [6.45, 7) is 0.181. The maximum Gasteiger partial charge on any atom is 0.307 e. The molecule has 0 fully saturated rings. The van der Waals surface area contributed by atoms with Crippen LogP contribution in [-0.2, 0) is 6.54 Å². The molecule has 2 rings (SSSR count). The second kappa shape index (κ2) is 3.86. The van der Waals surface area contributed by atoms with Crippen molar-refractivity contribution in [2.75, 3.05) is 5.73 Å². The summed E-state index contributed by atoms with van der Waals surface area (Å²) in [6, 6.07) is 4.50. The summed E-state index contributed by atoms with van der Waals surface area (Å²) in [5.74, 6) is -0.381. The van der Waals surface area contributed by atoms with Gasteiger partial charge in [-0.2, -0.15) is 0 Å². The second-order valence-electron chi connectivity index (χ2n) is 3.10. The fourth-order valence-corrected chi connectivity index (χ4v) is 1.91. The number of nitrogens with two attached hydrogens (primary N) is 1. The van der Waals surface area contributed by atoms with Gasteiger partial charge in [-0.05, 0) is 12.1 Å². The van der Waals surface area contributed by atoms with Crippen LogP contribution in [0.5, 0.6) is 0 Å². The highest BCUT2D eigenvalue weighted by Crippen LogP contribution is 2.16. The molecule has 0 spiro atoms. The fraction of sp³-hybridized carbons (Fsp3) is 0.100. The van der Waals surface area contributed by atoms with E-state index in [9.17, 15) is 9.18 Å². The molecule has 1 aromatic heterocycles. The Morgan fingerprint density at radius 1 is 1.47 bits per heavy atom. The maximum absolute atomic E-state index is 13.4. The Hall–Kier alpha value is -1.62. The summed E-state index contributed by atoms with van der Waals surface area (Å²) >= 11 is 1.08. The van der Waals surface area contributed by atoms with Crippen LogP contribution in [0.15, 0.2) is 34.6 Å². The van der Waals surface area contributed by atoms with Crippen molar-refractivity contribution in [2.24, 2.45) is 0 Å². The van der Waals surface area contributed by atoms with Crippen LogP contribution >= 0.6 is 11.3 Å². The molecule has 0 saturated carbocycles. The SMILES string of the molecule is Nc1cccc(F)c1Cn1ccsc1=O. The standard InChI is InChI=1S/C10H9FN2OS/c11-8-2-1-3-9(12)7(8)6-13-4-5-15-10(13)14/h1-5H,6,12H2. The summed E-state index contributed by atoms with van der Waals surface area (Å²) in [4.78, 5) is 11.2. The number of aromatic nitrogens is 1. The molecule has 5 heteroatoms. The maximum atomic E-state index is 13.4. The van der Waals surface area contributed by atoms with Crippen LogP contribution in [0, 0.1) is 5.82 Å². The number of nitrogen functional groups attached to an aromatic ring is 1. The van der Waals surface area contributed by atoms with Gasteiger partial charge in [0.1, 0.15) is 5.82 Å². The van der Waals surface area contributed by atoms with Gasteiger partial charge in [-0.25, -0.2) is 4.39 Å². The summed E-state index contributed by atoms with van der Waals surface area (Å²) in [6.07, 6.45) is 1.62. The molecular weight excluding hydrogens is 215 g/mol. The van der Waals surface area contributed by atoms with Crippen molar-refractivity contribution >= 4 is 17.0 Å². The first-order valence-electron chi connectivity index (χ1n) is 4.35. The van der Waals surface area contributed by atoms with E-state index < -0.39 is 0 Å². The average molecular weight is 224 g/mol. The number of rotatable bonds is 2. The number of halogens is 1. The second-order valence-corrected chi connectivity index (χ2v) is 3.96. The van der Waals surface area contributed by atoms with E-state index in [0.717, 1.165) is 11.3 Å². The van der Waals surface area contributed by atoms with Crippen LogP contribution < -0.4 is 10.6 Å². The van der Waals surface area contributed by atoms with Crippen LogP contribution in [0.4, 0.5) is 10.1 Å². The summed E-state index contributed by atoms with van der Waals surface area (Å²) in [5.41, 5.74) is 6.36. The topological polar surface area (TPSA) is 48.0 Å². The fourth-order valence-electron chi connectivity index (χ4n) is 1.32. The molecule has 1 aromatic carbocycles. The minimum Gasteiger partial charge on any atom is -0.398 e. The third-order valence-electron chi connectivity index (χ3n) is 2.13. The van der Waals surface area contributed by atoms with Crippen LogP contribution in [0.2, 0.25) is 0 Å². The van der Waals surface area contributed by atoms with Crippen molar-refractivity contribution in [3.05, 3.63) is 50.8 Å². The molecule has 2 N–H and O–H groups in total. The van der Waals surface area contributed by atoms with E-state index in [1.54, 1.807) is 23.7 Å². The average Bonchev–Trinajstić information content (AvgIpc) is 2.58. The first-order chi connectivity index (χ1) is 7.18.